The molecule has 194 valence electrons. The third-order valence-corrected chi connectivity index (χ3v) is 8.41. The first-order valence-corrected chi connectivity index (χ1v) is 13.8. The third-order valence-electron chi connectivity index (χ3n) is 7.59. The van der Waals surface area contributed by atoms with Crippen LogP contribution in [0.2, 0.25) is 0 Å². The van der Waals surface area contributed by atoms with Crippen LogP contribution in [0.5, 0.6) is 11.5 Å². The summed E-state index contributed by atoms with van der Waals surface area (Å²) in [6, 6.07) is 13.6. The average Bonchev–Trinajstić information content (AvgIpc) is 3.59. The SMILES string of the molecule is O=C(C(F)=Cc1ccc2c(c1)OCO2)N1CCCCC1CCN1CCN(c2nsc3ccccc23)CC1. The van der Waals surface area contributed by atoms with Crippen LogP contribution in [0.4, 0.5) is 10.2 Å². The summed E-state index contributed by atoms with van der Waals surface area (Å²) in [6.07, 6.45) is 5.08. The molecule has 2 aromatic carbocycles. The van der Waals surface area contributed by atoms with Crippen LogP contribution < -0.4 is 14.4 Å². The van der Waals surface area contributed by atoms with Gasteiger partial charge in [0, 0.05) is 50.7 Å². The molecule has 0 bridgehead atoms. The van der Waals surface area contributed by atoms with Crippen molar-refractivity contribution in [3.05, 3.63) is 53.9 Å². The molecule has 2 fully saturated rings. The zero-order valence-corrected chi connectivity index (χ0v) is 21.6. The molecule has 1 unspecified atom stereocenters. The Morgan fingerprint density at radius 3 is 2.78 bits per heavy atom. The lowest BCUT2D eigenvalue weighted by atomic mass is 9.98. The lowest BCUT2D eigenvalue weighted by molar-refractivity contribution is -0.132. The Hall–Kier alpha value is -3.17. The molecule has 4 heterocycles. The first kappa shape index (κ1) is 24.2. The number of carbonyl (C=O) groups excluding carboxylic acids is 1. The minimum absolute atomic E-state index is 0.0673. The minimum atomic E-state index is -0.727. The Bertz CT molecular complexity index is 1300. The molecular formula is C28H31FN4O3S. The highest BCUT2D eigenvalue weighted by Crippen LogP contribution is 2.34. The summed E-state index contributed by atoms with van der Waals surface area (Å²) in [4.78, 5) is 19.7. The van der Waals surface area contributed by atoms with Gasteiger partial charge in [0.1, 0.15) is 5.82 Å². The molecule has 0 aliphatic carbocycles. The molecule has 3 aliphatic heterocycles. The number of aromatic nitrogens is 1. The number of piperidine rings is 1. The van der Waals surface area contributed by atoms with E-state index in [1.165, 1.54) is 16.2 Å². The summed E-state index contributed by atoms with van der Waals surface area (Å²) >= 11 is 1.56. The summed E-state index contributed by atoms with van der Waals surface area (Å²) in [5.41, 5.74) is 0.592. The van der Waals surface area contributed by atoms with Gasteiger partial charge in [0.15, 0.2) is 17.3 Å². The molecule has 2 saturated heterocycles. The second kappa shape index (κ2) is 10.7. The van der Waals surface area contributed by atoms with Crippen molar-refractivity contribution in [3.63, 3.8) is 0 Å². The van der Waals surface area contributed by atoms with E-state index in [1.54, 1.807) is 34.6 Å². The Morgan fingerprint density at radius 2 is 1.89 bits per heavy atom. The number of ether oxygens (including phenoxy) is 2. The van der Waals surface area contributed by atoms with Crippen molar-refractivity contribution in [2.24, 2.45) is 0 Å². The normalized spacial score (nSPS) is 20.6. The molecule has 0 saturated carbocycles. The van der Waals surface area contributed by atoms with Gasteiger partial charge in [0.25, 0.3) is 5.91 Å². The Morgan fingerprint density at radius 1 is 1.05 bits per heavy atom. The number of carbonyl (C=O) groups is 1. The second-order valence-electron chi connectivity index (χ2n) is 9.87. The van der Waals surface area contributed by atoms with Crippen LogP contribution in [-0.4, -0.2) is 72.2 Å². The fourth-order valence-corrected chi connectivity index (χ4v) is 6.33. The molecular weight excluding hydrogens is 491 g/mol. The highest BCUT2D eigenvalue weighted by Gasteiger charge is 2.30. The number of fused-ring (bicyclic) bond motifs is 2. The van der Waals surface area contributed by atoms with Crippen LogP contribution in [0.1, 0.15) is 31.2 Å². The number of hydrogen-bond acceptors (Lipinski definition) is 7. The Kier molecular flexibility index (Phi) is 6.97. The Labute approximate surface area is 220 Å². The predicted octanol–water partition coefficient (Wildman–Crippen LogP) is 4.93. The van der Waals surface area contributed by atoms with E-state index < -0.39 is 11.7 Å². The van der Waals surface area contributed by atoms with E-state index in [9.17, 15) is 4.79 Å². The van der Waals surface area contributed by atoms with Gasteiger partial charge in [-0.2, -0.15) is 4.37 Å². The summed E-state index contributed by atoms with van der Waals surface area (Å²) in [5.74, 6) is 1.07. The van der Waals surface area contributed by atoms with Crippen LogP contribution in [0, 0.1) is 0 Å². The number of amides is 1. The lowest BCUT2D eigenvalue weighted by Gasteiger charge is -2.39. The van der Waals surface area contributed by atoms with Crippen molar-refractivity contribution in [1.82, 2.24) is 14.2 Å². The van der Waals surface area contributed by atoms with Crippen LogP contribution in [0.15, 0.2) is 48.3 Å². The van der Waals surface area contributed by atoms with E-state index in [2.05, 4.69) is 34.1 Å². The van der Waals surface area contributed by atoms with Crippen molar-refractivity contribution >= 4 is 39.4 Å². The third kappa shape index (κ3) is 5.15. The molecule has 0 radical (unpaired) electrons. The molecule has 1 amide bonds. The number of benzene rings is 2. The first-order chi connectivity index (χ1) is 18.2. The predicted molar refractivity (Wildman–Crippen MR) is 144 cm³/mol. The highest BCUT2D eigenvalue weighted by molar-refractivity contribution is 7.13. The second-order valence-corrected chi connectivity index (χ2v) is 10.7. The van der Waals surface area contributed by atoms with Gasteiger partial charge < -0.3 is 19.3 Å². The number of halogens is 1. The van der Waals surface area contributed by atoms with Gasteiger partial charge in [-0.1, -0.05) is 18.2 Å². The molecule has 6 rings (SSSR count). The minimum Gasteiger partial charge on any atom is -0.454 e. The fourth-order valence-electron chi connectivity index (χ4n) is 5.53. The van der Waals surface area contributed by atoms with Gasteiger partial charge in [0.05, 0.1) is 4.70 Å². The van der Waals surface area contributed by atoms with Crippen LogP contribution in [0.3, 0.4) is 0 Å². The maximum atomic E-state index is 15.1. The monoisotopic (exact) mass is 522 g/mol. The summed E-state index contributed by atoms with van der Waals surface area (Å²) < 4.78 is 31.7. The van der Waals surface area contributed by atoms with Crippen molar-refractivity contribution in [2.75, 3.05) is 51.0 Å². The first-order valence-electron chi connectivity index (χ1n) is 13.1. The highest BCUT2D eigenvalue weighted by atomic mass is 32.1. The quantitative estimate of drug-likeness (QED) is 0.428. The van der Waals surface area contributed by atoms with Crippen molar-refractivity contribution in [3.8, 4) is 11.5 Å². The fraction of sp³-hybridized carbons (Fsp3) is 0.429. The van der Waals surface area contributed by atoms with Gasteiger partial charge in [-0.25, -0.2) is 4.39 Å². The number of nitrogens with zero attached hydrogens (tertiary/aromatic N) is 4. The van der Waals surface area contributed by atoms with Crippen molar-refractivity contribution in [1.29, 1.82) is 0 Å². The molecule has 3 aromatic rings. The van der Waals surface area contributed by atoms with Crippen LogP contribution >= 0.6 is 11.5 Å². The Balaban J connectivity index is 1.04. The molecule has 9 heteroatoms. The molecule has 0 N–H and O–H groups in total. The topological polar surface area (TPSA) is 58.1 Å². The molecule has 7 nitrogen and oxygen atoms in total. The summed E-state index contributed by atoms with van der Waals surface area (Å²) in [5, 5.41) is 1.23. The smallest absolute Gasteiger partial charge is 0.282 e. The van der Waals surface area contributed by atoms with Gasteiger partial charge >= 0.3 is 0 Å². The standard InChI is InChI=1S/C28H31FN4O3S/c29-23(17-20-8-9-24-25(18-20)36-19-35-24)28(34)33-11-4-3-5-21(33)10-12-31-13-15-32(16-14-31)27-22-6-1-2-7-26(22)37-30-27/h1-2,6-9,17-18,21H,3-5,10-16,19H2. The van der Waals surface area contributed by atoms with Gasteiger partial charge in [0.2, 0.25) is 6.79 Å². The summed E-state index contributed by atoms with van der Waals surface area (Å²) in [7, 11) is 0. The molecule has 3 aliphatic rings. The summed E-state index contributed by atoms with van der Waals surface area (Å²) in [6.45, 7) is 5.48. The van der Waals surface area contributed by atoms with E-state index in [4.69, 9.17) is 13.8 Å². The number of rotatable bonds is 6. The van der Waals surface area contributed by atoms with Crippen molar-refractivity contribution in [2.45, 2.75) is 31.7 Å². The average molecular weight is 523 g/mol. The number of anilines is 1. The van der Waals surface area contributed by atoms with Gasteiger partial charge in [-0.3, -0.25) is 9.69 Å². The van der Waals surface area contributed by atoms with E-state index >= 15 is 4.39 Å². The maximum Gasteiger partial charge on any atom is 0.282 e. The van der Waals surface area contributed by atoms with Gasteiger partial charge in [-0.15, -0.1) is 0 Å². The molecule has 1 atom stereocenters. The van der Waals surface area contributed by atoms with E-state index in [1.807, 2.05) is 0 Å². The van der Waals surface area contributed by atoms with E-state index in [0.29, 0.717) is 23.6 Å². The largest absolute Gasteiger partial charge is 0.454 e. The zero-order valence-electron chi connectivity index (χ0n) is 20.8. The van der Waals surface area contributed by atoms with Gasteiger partial charge in [-0.05, 0) is 73.1 Å². The van der Waals surface area contributed by atoms with E-state index in [-0.39, 0.29) is 12.8 Å². The van der Waals surface area contributed by atoms with Crippen molar-refractivity contribution < 1.29 is 18.7 Å². The van der Waals surface area contributed by atoms with Crippen LogP contribution in [-0.2, 0) is 4.79 Å². The number of piperazine rings is 1. The number of hydrogen-bond donors (Lipinski definition) is 0. The molecule has 1 aromatic heterocycles. The van der Waals surface area contributed by atoms with E-state index in [0.717, 1.165) is 64.2 Å². The lowest BCUT2D eigenvalue weighted by Crippen LogP contribution is -2.49. The van der Waals surface area contributed by atoms with Crippen LogP contribution in [0.25, 0.3) is 16.2 Å². The number of likely N-dealkylation sites (tertiary alicyclic amines) is 1. The molecule has 0 spiro atoms. The maximum absolute atomic E-state index is 15.1. The zero-order chi connectivity index (χ0) is 25.2. The molecule has 37 heavy (non-hydrogen) atoms.